The fourth-order valence-corrected chi connectivity index (χ4v) is 1.69. The van der Waals surface area contributed by atoms with E-state index in [0.29, 0.717) is 5.69 Å². The van der Waals surface area contributed by atoms with E-state index in [1.165, 1.54) is 12.1 Å². The highest BCUT2D eigenvalue weighted by Crippen LogP contribution is 2.21. The Bertz CT molecular complexity index is 430. The van der Waals surface area contributed by atoms with E-state index in [0.717, 1.165) is 4.90 Å². The molecule has 1 heterocycles. The predicted molar refractivity (Wildman–Crippen MR) is 58.0 cm³/mol. The molecule has 0 saturated carbocycles. The molecule has 0 aliphatic carbocycles. The minimum absolute atomic E-state index is 0.213. The molecule has 2 rings (SSSR count). The number of hydrogen-bond donors (Lipinski definition) is 2. The Morgan fingerprint density at radius 2 is 1.75 bits per heavy atom. The standard InChI is InChI=1S/C10H10BNO4/c13-9-4-5-10(14)12(9)8-3-1-2-7(6-8)11(15)16/h1-3,6,15-16H,4-5H2. The minimum atomic E-state index is -1.60. The van der Waals surface area contributed by atoms with Gasteiger partial charge in [0.05, 0.1) is 5.69 Å². The highest BCUT2D eigenvalue weighted by atomic mass is 16.4. The van der Waals surface area contributed by atoms with Gasteiger partial charge in [-0.3, -0.25) is 14.5 Å². The highest BCUT2D eigenvalue weighted by molar-refractivity contribution is 6.58. The molecule has 0 unspecified atom stereocenters. The number of hydrogen-bond acceptors (Lipinski definition) is 4. The Kier molecular flexibility index (Phi) is 2.76. The topological polar surface area (TPSA) is 77.8 Å². The number of carbonyl (C=O) groups is 2. The van der Waals surface area contributed by atoms with Crippen LogP contribution in [0.1, 0.15) is 12.8 Å². The Balaban J connectivity index is 2.36. The van der Waals surface area contributed by atoms with Crippen LogP contribution in [-0.2, 0) is 9.59 Å². The van der Waals surface area contributed by atoms with Crippen molar-refractivity contribution in [3.63, 3.8) is 0 Å². The first-order chi connectivity index (χ1) is 7.59. The molecule has 2 N–H and O–H groups in total. The maximum Gasteiger partial charge on any atom is 0.488 e. The average molecular weight is 219 g/mol. The second-order valence-corrected chi connectivity index (χ2v) is 3.59. The van der Waals surface area contributed by atoms with Crippen LogP contribution in [0.15, 0.2) is 24.3 Å². The van der Waals surface area contributed by atoms with Crippen molar-refractivity contribution in [2.24, 2.45) is 0 Å². The second kappa shape index (κ2) is 4.07. The average Bonchev–Trinajstić information content (AvgIpc) is 2.59. The first-order valence-electron chi connectivity index (χ1n) is 4.91. The van der Waals surface area contributed by atoms with E-state index in [1.807, 2.05) is 0 Å². The quantitative estimate of drug-likeness (QED) is 0.495. The Hall–Kier alpha value is -1.66. The van der Waals surface area contributed by atoms with Gasteiger partial charge < -0.3 is 10.0 Å². The first kappa shape index (κ1) is 10.8. The molecular weight excluding hydrogens is 209 g/mol. The number of anilines is 1. The van der Waals surface area contributed by atoms with Crippen molar-refractivity contribution < 1.29 is 19.6 Å². The molecule has 1 fully saturated rings. The third-order valence-electron chi connectivity index (χ3n) is 2.48. The number of benzene rings is 1. The van der Waals surface area contributed by atoms with Crippen LogP contribution in [0.2, 0.25) is 0 Å². The van der Waals surface area contributed by atoms with Gasteiger partial charge in [0.25, 0.3) is 0 Å². The summed E-state index contributed by atoms with van der Waals surface area (Å²) >= 11 is 0. The Morgan fingerprint density at radius 3 is 2.31 bits per heavy atom. The van der Waals surface area contributed by atoms with E-state index in [1.54, 1.807) is 12.1 Å². The van der Waals surface area contributed by atoms with Crippen molar-refractivity contribution in [2.75, 3.05) is 4.90 Å². The largest absolute Gasteiger partial charge is 0.488 e. The zero-order valence-electron chi connectivity index (χ0n) is 8.46. The summed E-state index contributed by atoms with van der Waals surface area (Å²) in [5, 5.41) is 18.0. The Labute approximate surface area is 92.4 Å². The van der Waals surface area contributed by atoms with Crippen LogP contribution in [0, 0.1) is 0 Å². The molecule has 1 aromatic rings. The van der Waals surface area contributed by atoms with E-state index < -0.39 is 7.12 Å². The van der Waals surface area contributed by atoms with Gasteiger partial charge in [-0.05, 0) is 17.6 Å². The van der Waals surface area contributed by atoms with E-state index in [9.17, 15) is 9.59 Å². The summed E-state index contributed by atoms with van der Waals surface area (Å²) in [5.74, 6) is -0.510. The van der Waals surface area contributed by atoms with E-state index in [-0.39, 0.29) is 30.1 Å². The molecule has 2 amide bonds. The molecule has 1 aliphatic heterocycles. The van der Waals surface area contributed by atoms with Crippen LogP contribution in [0.3, 0.4) is 0 Å². The number of amides is 2. The normalized spacial score (nSPS) is 15.8. The van der Waals surface area contributed by atoms with Crippen LogP contribution in [-0.4, -0.2) is 29.0 Å². The van der Waals surface area contributed by atoms with Crippen molar-refractivity contribution in [2.45, 2.75) is 12.8 Å². The molecule has 0 atom stereocenters. The van der Waals surface area contributed by atoms with Crippen molar-refractivity contribution in [3.05, 3.63) is 24.3 Å². The summed E-state index contributed by atoms with van der Waals surface area (Å²) in [5.41, 5.74) is 0.642. The molecule has 1 aromatic carbocycles. The summed E-state index contributed by atoms with van der Waals surface area (Å²) in [4.78, 5) is 24.0. The van der Waals surface area contributed by atoms with Gasteiger partial charge in [0.2, 0.25) is 11.8 Å². The van der Waals surface area contributed by atoms with Gasteiger partial charge in [-0.15, -0.1) is 0 Å². The summed E-state index contributed by atoms with van der Waals surface area (Å²) < 4.78 is 0. The van der Waals surface area contributed by atoms with Crippen molar-refractivity contribution in [3.8, 4) is 0 Å². The molecule has 6 heteroatoms. The lowest BCUT2D eigenvalue weighted by Crippen LogP contribution is -2.33. The van der Waals surface area contributed by atoms with Crippen LogP contribution in [0.25, 0.3) is 0 Å². The number of imide groups is 1. The summed E-state index contributed by atoms with van der Waals surface area (Å²) in [6.07, 6.45) is 0.426. The molecule has 16 heavy (non-hydrogen) atoms. The van der Waals surface area contributed by atoms with Crippen LogP contribution >= 0.6 is 0 Å². The molecule has 82 valence electrons. The summed E-state index contributed by atoms with van der Waals surface area (Å²) in [7, 11) is -1.60. The Morgan fingerprint density at radius 1 is 1.12 bits per heavy atom. The van der Waals surface area contributed by atoms with Gasteiger partial charge in [0.15, 0.2) is 0 Å². The molecule has 0 radical (unpaired) electrons. The maximum absolute atomic E-state index is 11.4. The summed E-state index contributed by atoms with van der Waals surface area (Å²) in [6, 6.07) is 6.10. The van der Waals surface area contributed by atoms with Crippen molar-refractivity contribution in [1.29, 1.82) is 0 Å². The lowest BCUT2D eigenvalue weighted by Gasteiger charge is -2.14. The zero-order valence-corrected chi connectivity index (χ0v) is 8.46. The second-order valence-electron chi connectivity index (χ2n) is 3.59. The first-order valence-corrected chi connectivity index (χ1v) is 4.91. The van der Waals surface area contributed by atoms with Gasteiger partial charge in [0, 0.05) is 12.8 Å². The molecule has 1 saturated heterocycles. The van der Waals surface area contributed by atoms with E-state index >= 15 is 0 Å². The molecule has 0 spiro atoms. The number of carbonyl (C=O) groups excluding carboxylic acids is 2. The molecular formula is C10H10BNO4. The van der Waals surface area contributed by atoms with Crippen LogP contribution < -0.4 is 10.4 Å². The molecule has 5 nitrogen and oxygen atoms in total. The fourth-order valence-electron chi connectivity index (χ4n) is 1.69. The van der Waals surface area contributed by atoms with Crippen LogP contribution in [0.5, 0.6) is 0 Å². The number of nitrogens with zero attached hydrogens (tertiary/aromatic N) is 1. The van der Waals surface area contributed by atoms with E-state index in [4.69, 9.17) is 10.0 Å². The van der Waals surface area contributed by atoms with Gasteiger partial charge in [-0.25, -0.2) is 0 Å². The highest BCUT2D eigenvalue weighted by Gasteiger charge is 2.30. The third-order valence-corrected chi connectivity index (χ3v) is 2.48. The number of rotatable bonds is 2. The lowest BCUT2D eigenvalue weighted by atomic mass is 9.80. The fraction of sp³-hybridized carbons (Fsp3) is 0.200. The predicted octanol–water partition coefficient (Wildman–Crippen LogP) is -0.980. The minimum Gasteiger partial charge on any atom is -0.423 e. The monoisotopic (exact) mass is 219 g/mol. The van der Waals surface area contributed by atoms with Gasteiger partial charge in [-0.2, -0.15) is 0 Å². The van der Waals surface area contributed by atoms with E-state index in [2.05, 4.69) is 0 Å². The van der Waals surface area contributed by atoms with Crippen molar-refractivity contribution >= 4 is 30.1 Å². The molecule has 1 aliphatic rings. The van der Waals surface area contributed by atoms with Gasteiger partial charge in [-0.1, -0.05) is 12.1 Å². The summed E-state index contributed by atoms with van der Waals surface area (Å²) in [6.45, 7) is 0. The molecule has 0 aromatic heterocycles. The zero-order chi connectivity index (χ0) is 11.7. The van der Waals surface area contributed by atoms with Gasteiger partial charge >= 0.3 is 7.12 Å². The van der Waals surface area contributed by atoms with Crippen molar-refractivity contribution in [1.82, 2.24) is 0 Å². The van der Waals surface area contributed by atoms with Crippen LogP contribution in [0.4, 0.5) is 5.69 Å². The lowest BCUT2D eigenvalue weighted by molar-refractivity contribution is -0.121. The smallest absolute Gasteiger partial charge is 0.423 e. The SMILES string of the molecule is O=C1CCC(=O)N1c1cccc(B(O)O)c1. The third kappa shape index (κ3) is 1.85. The molecule has 0 bridgehead atoms. The van der Waals surface area contributed by atoms with Gasteiger partial charge in [0.1, 0.15) is 0 Å². The maximum atomic E-state index is 11.4.